The van der Waals surface area contributed by atoms with E-state index in [1.54, 1.807) is 0 Å². The summed E-state index contributed by atoms with van der Waals surface area (Å²) in [6.45, 7) is 11.8. The molecule has 0 spiro atoms. The fourth-order valence-corrected chi connectivity index (χ4v) is 4.78. The minimum atomic E-state index is -0.737. The van der Waals surface area contributed by atoms with Gasteiger partial charge in [0.05, 0.1) is 6.20 Å². The van der Waals surface area contributed by atoms with Gasteiger partial charge in [0, 0.05) is 51.6 Å². The summed E-state index contributed by atoms with van der Waals surface area (Å²) in [6, 6.07) is 8.27. The standard InChI is InChI=1S/C24H29BrN4OS/c1-5-21(15-22-10-7-6-9-18(22)2)23-17-26-29(19(3)16-25)24(23)27-20(4)28-11-8-13-31(30)14-12-28/h5-7,9-10,15-17H,1,8,11-14H2,2-4H3/b19-16+,21-15+,27-20+. The molecule has 5 nitrogen and oxygen atoms in total. The van der Waals surface area contributed by atoms with Crippen molar-refractivity contribution < 1.29 is 4.21 Å². The van der Waals surface area contributed by atoms with Crippen LogP contribution in [0.5, 0.6) is 0 Å². The Morgan fingerprint density at radius 1 is 1.26 bits per heavy atom. The highest BCUT2D eigenvalue weighted by Crippen LogP contribution is 2.32. The maximum atomic E-state index is 11.9. The number of aryl methyl sites for hydroxylation is 1. The van der Waals surface area contributed by atoms with Crippen LogP contribution < -0.4 is 0 Å². The zero-order valence-electron chi connectivity index (χ0n) is 18.3. The predicted octanol–water partition coefficient (Wildman–Crippen LogP) is 5.64. The predicted molar refractivity (Wildman–Crippen MR) is 137 cm³/mol. The first-order valence-electron chi connectivity index (χ1n) is 10.3. The molecular formula is C24H29BrN4OS. The van der Waals surface area contributed by atoms with Gasteiger partial charge in [0.25, 0.3) is 0 Å². The van der Waals surface area contributed by atoms with Crippen LogP contribution in [0.3, 0.4) is 0 Å². The summed E-state index contributed by atoms with van der Waals surface area (Å²) in [7, 11) is -0.737. The van der Waals surface area contributed by atoms with Crippen molar-refractivity contribution in [3.05, 3.63) is 64.8 Å². The molecule has 1 aliphatic rings. The van der Waals surface area contributed by atoms with E-state index in [2.05, 4.69) is 57.6 Å². The number of hydrogen-bond acceptors (Lipinski definition) is 3. The van der Waals surface area contributed by atoms with Crippen LogP contribution in [0.4, 0.5) is 5.82 Å². The molecule has 1 fully saturated rings. The van der Waals surface area contributed by atoms with Gasteiger partial charge in [-0.2, -0.15) is 5.10 Å². The van der Waals surface area contributed by atoms with Crippen LogP contribution in [-0.2, 0) is 10.8 Å². The maximum Gasteiger partial charge on any atom is 0.165 e. The molecule has 2 aromatic rings. The molecule has 0 aliphatic carbocycles. The highest BCUT2D eigenvalue weighted by molar-refractivity contribution is 9.11. The third-order valence-electron chi connectivity index (χ3n) is 5.38. The van der Waals surface area contributed by atoms with E-state index in [1.807, 2.05) is 47.9 Å². The van der Waals surface area contributed by atoms with Crippen molar-refractivity contribution in [3.8, 4) is 0 Å². The van der Waals surface area contributed by atoms with Gasteiger partial charge < -0.3 is 4.90 Å². The van der Waals surface area contributed by atoms with Crippen molar-refractivity contribution in [2.45, 2.75) is 27.2 Å². The lowest BCUT2D eigenvalue weighted by molar-refractivity contribution is 0.448. The molecule has 1 unspecified atom stereocenters. The van der Waals surface area contributed by atoms with E-state index < -0.39 is 10.8 Å². The van der Waals surface area contributed by atoms with Crippen molar-refractivity contribution >= 4 is 55.7 Å². The second-order valence-corrected chi connectivity index (χ2v) is 9.71. The quantitative estimate of drug-likeness (QED) is 0.303. The van der Waals surface area contributed by atoms with E-state index in [0.29, 0.717) is 5.75 Å². The van der Waals surface area contributed by atoms with E-state index in [9.17, 15) is 4.21 Å². The summed E-state index contributed by atoms with van der Waals surface area (Å²) in [6.07, 6.45) is 6.73. The van der Waals surface area contributed by atoms with Gasteiger partial charge in [-0.25, -0.2) is 9.67 Å². The van der Waals surface area contributed by atoms with E-state index in [1.165, 1.54) is 5.56 Å². The normalized spacial score (nSPS) is 18.8. The Bertz CT molecular complexity index is 1070. The summed E-state index contributed by atoms with van der Waals surface area (Å²) in [5.74, 6) is 3.11. The zero-order chi connectivity index (χ0) is 22.4. The minimum absolute atomic E-state index is 0.685. The molecule has 1 atom stereocenters. The second kappa shape index (κ2) is 10.9. The highest BCUT2D eigenvalue weighted by Gasteiger charge is 2.18. The number of benzene rings is 1. The molecule has 0 radical (unpaired) electrons. The molecule has 164 valence electrons. The van der Waals surface area contributed by atoms with Gasteiger partial charge in [-0.1, -0.05) is 52.9 Å². The fraction of sp³-hybridized carbons (Fsp3) is 0.333. The Morgan fingerprint density at radius 2 is 2.03 bits per heavy atom. The molecule has 7 heteroatoms. The lowest BCUT2D eigenvalue weighted by Crippen LogP contribution is -2.31. The van der Waals surface area contributed by atoms with Crippen molar-refractivity contribution in [1.82, 2.24) is 14.7 Å². The van der Waals surface area contributed by atoms with Crippen LogP contribution in [0.25, 0.3) is 17.3 Å². The summed E-state index contributed by atoms with van der Waals surface area (Å²) in [4.78, 5) is 9.06. The fourth-order valence-electron chi connectivity index (χ4n) is 3.51. The van der Waals surface area contributed by atoms with Gasteiger partial charge in [0.2, 0.25) is 0 Å². The van der Waals surface area contributed by atoms with E-state index in [-0.39, 0.29) is 0 Å². The summed E-state index contributed by atoms with van der Waals surface area (Å²) < 4.78 is 13.8. The molecule has 0 amide bonds. The highest BCUT2D eigenvalue weighted by atomic mass is 79.9. The monoisotopic (exact) mass is 500 g/mol. The molecule has 1 saturated heterocycles. The molecule has 1 aromatic carbocycles. The molecule has 0 saturated carbocycles. The number of allylic oxidation sites excluding steroid dienone is 3. The van der Waals surface area contributed by atoms with Crippen LogP contribution in [0, 0.1) is 6.92 Å². The molecule has 0 bridgehead atoms. The van der Waals surface area contributed by atoms with Gasteiger partial charge in [-0.05, 0) is 50.0 Å². The van der Waals surface area contributed by atoms with Gasteiger partial charge in [0.1, 0.15) is 5.84 Å². The van der Waals surface area contributed by atoms with Crippen LogP contribution in [0.2, 0.25) is 0 Å². The van der Waals surface area contributed by atoms with Crippen molar-refractivity contribution in [1.29, 1.82) is 0 Å². The third-order valence-corrected chi connectivity index (χ3v) is 7.42. The largest absolute Gasteiger partial charge is 0.359 e. The van der Waals surface area contributed by atoms with Crippen LogP contribution in [0.15, 0.2) is 53.1 Å². The van der Waals surface area contributed by atoms with E-state index in [4.69, 9.17) is 4.99 Å². The van der Waals surface area contributed by atoms with Crippen molar-refractivity contribution in [3.63, 3.8) is 0 Å². The summed E-state index contributed by atoms with van der Waals surface area (Å²) >= 11 is 3.42. The van der Waals surface area contributed by atoms with Gasteiger partial charge in [0.15, 0.2) is 5.82 Å². The van der Waals surface area contributed by atoms with Gasteiger partial charge >= 0.3 is 0 Å². The first kappa shape index (κ1) is 23.4. The number of aromatic nitrogens is 2. The minimum Gasteiger partial charge on any atom is -0.359 e. The van der Waals surface area contributed by atoms with Crippen molar-refractivity contribution in [2.24, 2.45) is 4.99 Å². The number of nitrogens with zero attached hydrogens (tertiary/aromatic N) is 4. The number of amidine groups is 1. The third kappa shape index (κ3) is 5.71. The van der Waals surface area contributed by atoms with Crippen LogP contribution in [0.1, 0.15) is 37.0 Å². The smallest absolute Gasteiger partial charge is 0.165 e. The molecular weight excluding hydrogens is 472 g/mol. The average Bonchev–Trinajstić information content (AvgIpc) is 3.04. The topological polar surface area (TPSA) is 50.5 Å². The van der Waals surface area contributed by atoms with E-state index in [0.717, 1.165) is 59.3 Å². The second-order valence-electron chi connectivity index (χ2n) is 7.55. The Balaban J connectivity index is 2.08. The number of aliphatic imine (C=N–C) groups is 1. The molecule has 3 rings (SSSR count). The summed E-state index contributed by atoms with van der Waals surface area (Å²) in [5, 5.41) is 4.60. The Labute approximate surface area is 195 Å². The Kier molecular flexibility index (Phi) is 8.21. The zero-order valence-corrected chi connectivity index (χ0v) is 20.7. The lowest BCUT2D eigenvalue weighted by atomic mass is 10.0. The Hall–Kier alpha value is -2.25. The Morgan fingerprint density at radius 3 is 2.74 bits per heavy atom. The first-order chi connectivity index (χ1) is 14.9. The van der Waals surface area contributed by atoms with Gasteiger partial charge in [-0.15, -0.1) is 0 Å². The number of hydrogen-bond donors (Lipinski definition) is 0. The molecule has 31 heavy (non-hydrogen) atoms. The van der Waals surface area contributed by atoms with Crippen molar-refractivity contribution in [2.75, 3.05) is 24.6 Å². The molecule has 1 aliphatic heterocycles. The number of rotatable bonds is 5. The summed E-state index contributed by atoms with van der Waals surface area (Å²) in [5.41, 5.74) is 5.15. The van der Waals surface area contributed by atoms with Crippen LogP contribution >= 0.6 is 15.9 Å². The first-order valence-corrected chi connectivity index (χ1v) is 12.8. The maximum absolute atomic E-state index is 11.9. The molecule has 0 N–H and O–H groups in total. The molecule has 1 aromatic heterocycles. The van der Waals surface area contributed by atoms with Crippen LogP contribution in [-0.4, -0.2) is 49.3 Å². The van der Waals surface area contributed by atoms with E-state index >= 15 is 0 Å². The average molecular weight is 501 g/mol. The lowest BCUT2D eigenvalue weighted by Gasteiger charge is -2.21. The number of halogens is 1. The van der Waals surface area contributed by atoms with Gasteiger partial charge in [-0.3, -0.25) is 4.21 Å². The molecule has 2 heterocycles. The SMILES string of the molecule is C=C/C(=C\c1ccccc1C)c1cnn(/C(C)=C/Br)c1/N=C(\C)N1CCCS(=O)CC1.